The van der Waals surface area contributed by atoms with Crippen molar-refractivity contribution in [3.8, 4) is 11.5 Å². The van der Waals surface area contributed by atoms with Crippen LogP contribution in [0.3, 0.4) is 0 Å². The zero-order chi connectivity index (χ0) is 24.8. The Bertz CT molecular complexity index is 1140. The second-order valence-electron chi connectivity index (χ2n) is 7.90. The number of hydrogen-bond donors (Lipinski definition) is 3. The van der Waals surface area contributed by atoms with Crippen LogP contribution in [0.1, 0.15) is 46.8 Å². The van der Waals surface area contributed by atoms with Crippen LogP contribution >= 0.6 is 0 Å². The first-order chi connectivity index (χ1) is 16.2. The molecular formula is C25H28N2O7. The van der Waals surface area contributed by atoms with Crippen LogP contribution in [0.25, 0.3) is 0 Å². The molecule has 0 unspecified atom stereocenters. The molecule has 1 aliphatic rings. The van der Waals surface area contributed by atoms with Gasteiger partial charge in [0.1, 0.15) is 18.1 Å². The number of carbonyl (C=O) groups excluding carboxylic acids is 2. The summed E-state index contributed by atoms with van der Waals surface area (Å²) in [5.41, 5.74) is 4.06. The quantitative estimate of drug-likeness (QED) is 0.361. The van der Waals surface area contributed by atoms with E-state index in [2.05, 4.69) is 10.6 Å². The number of rotatable bonds is 9. The first-order valence-corrected chi connectivity index (χ1v) is 10.7. The number of ether oxygens (including phenoxy) is 3. The molecule has 1 aliphatic heterocycles. The lowest BCUT2D eigenvalue weighted by Crippen LogP contribution is -2.22. The fraction of sp³-hybridized carbons (Fsp3) is 0.320. The number of esters is 1. The van der Waals surface area contributed by atoms with Gasteiger partial charge in [-0.15, -0.1) is 0 Å². The van der Waals surface area contributed by atoms with E-state index in [-0.39, 0.29) is 13.0 Å². The molecule has 9 nitrogen and oxygen atoms in total. The molecule has 0 saturated carbocycles. The summed E-state index contributed by atoms with van der Waals surface area (Å²) in [6.45, 7) is 3.78. The lowest BCUT2D eigenvalue weighted by Gasteiger charge is -2.20. The van der Waals surface area contributed by atoms with Gasteiger partial charge in [0.15, 0.2) is 0 Å². The molecule has 0 radical (unpaired) electrons. The molecular weight excluding hydrogens is 440 g/mol. The van der Waals surface area contributed by atoms with Crippen LogP contribution < -0.4 is 20.1 Å². The highest BCUT2D eigenvalue weighted by Gasteiger charge is 2.32. The minimum atomic E-state index is -0.876. The van der Waals surface area contributed by atoms with Crippen molar-refractivity contribution in [2.24, 2.45) is 0 Å². The van der Waals surface area contributed by atoms with Crippen molar-refractivity contribution in [2.75, 3.05) is 24.9 Å². The van der Waals surface area contributed by atoms with Gasteiger partial charge in [-0.1, -0.05) is 11.6 Å². The van der Waals surface area contributed by atoms with Crippen LogP contribution in [0, 0.1) is 6.92 Å². The van der Waals surface area contributed by atoms with E-state index in [0.717, 1.165) is 11.1 Å². The number of fused-ring (bicyclic) bond motifs is 1. The van der Waals surface area contributed by atoms with E-state index >= 15 is 0 Å². The zero-order valence-electron chi connectivity index (χ0n) is 19.6. The van der Waals surface area contributed by atoms with Gasteiger partial charge in [-0.2, -0.15) is 0 Å². The monoisotopic (exact) mass is 468 g/mol. The van der Waals surface area contributed by atoms with Crippen LogP contribution in [0.15, 0.2) is 35.9 Å². The molecule has 3 N–H and O–H groups in total. The molecule has 0 aliphatic carbocycles. The summed E-state index contributed by atoms with van der Waals surface area (Å²) >= 11 is 0. The van der Waals surface area contributed by atoms with Gasteiger partial charge in [0, 0.05) is 23.2 Å². The second kappa shape index (κ2) is 10.7. The standard InChI is InChI=1S/C25H28N2O7/c1-14(6-12-20(28)29)5-11-18-22(21-19(13-34-24(21)30)15(2)23(18)33-4)27-25(31)26-16-7-9-17(32-3)10-8-16/h5,7-10H,6,11-13H2,1-4H3,(H,28,29)(H2,26,27,31)/b14-5+. The first-order valence-electron chi connectivity index (χ1n) is 10.7. The Hall–Kier alpha value is -4.01. The van der Waals surface area contributed by atoms with Crippen molar-refractivity contribution in [1.29, 1.82) is 0 Å². The summed E-state index contributed by atoms with van der Waals surface area (Å²) < 4.78 is 16.0. The first kappa shape index (κ1) is 24.6. The molecule has 2 aromatic rings. The highest BCUT2D eigenvalue weighted by Crippen LogP contribution is 2.41. The number of hydrogen-bond acceptors (Lipinski definition) is 6. The van der Waals surface area contributed by atoms with Crippen LogP contribution in [-0.4, -0.2) is 37.3 Å². The van der Waals surface area contributed by atoms with Crippen molar-refractivity contribution in [2.45, 2.75) is 39.7 Å². The van der Waals surface area contributed by atoms with E-state index in [1.807, 2.05) is 19.9 Å². The Balaban J connectivity index is 1.97. The molecule has 9 heteroatoms. The Kier molecular flexibility index (Phi) is 7.78. The molecule has 0 atom stereocenters. The molecule has 2 amide bonds. The molecule has 0 spiro atoms. The number of aliphatic carboxylic acids is 1. The third-order valence-corrected chi connectivity index (χ3v) is 5.65. The zero-order valence-corrected chi connectivity index (χ0v) is 19.6. The largest absolute Gasteiger partial charge is 0.497 e. The lowest BCUT2D eigenvalue weighted by atomic mass is 9.93. The molecule has 0 fully saturated rings. The van der Waals surface area contributed by atoms with Crippen molar-refractivity contribution >= 4 is 29.3 Å². The van der Waals surface area contributed by atoms with E-state index in [4.69, 9.17) is 19.3 Å². The Morgan fingerprint density at radius 3 is 2.44 bits per heavy atom. The van der Waals surface area contributed by atoms with E-state index in [1.165, 1.54) is 7.11 Å². The minimum absolute atomic E-state index is 0.0182. The SMILES string of the molecule is COc1ccc(NC(=O)Nc2c(C/C=C(\C)CCC(=O)O)c(OC)c(C)c3c2C(=O)OC3)cc1. The van der Waals surface area contributed by atoms with Crippen LogP contribution in [0.2, 0.25) is 0 Å². The number of nitrogens with one attached hydrogen (secondary N) is 2. The predicted molar refractivity (Wildman–Crippen MR) is 127 cm³/mol. The average Bonchev–Trinajstić information content (AvgIpc) is 3.20. The number of anilines is 2. The van der Waals surface area contributed by atoms with Crippen LogP contribution in [0.5, 0.6) is 11.5 Å². The number of carboxylic acid groups (broad SMARTS) is 1. The average molecular weight is 469 g/mol. The summed E-state index contributed by atoms with van der Waals surface area (Å²) in [6.07, 6.45) is 2.61. The maximum atomic E-state index is 12.9. The third kappa shape index (κ3) is 5.48. The van der Waals surface area contributed by atoms with Gasteiger partial charge in [0.25, 0.3) is 0 Å². The van der Waals surface area contributed by atoms with Gasteiger partial charge in [0.05, 0.1) is 25.5 Å². The summed E-state index contributed by atoms with van der Waals surface area (Å²) in [5.74, 6) is -0.200. The third-order valence-electron chi connectivity index (χ3n) is 5.65. The smallest absolute Gasteiger partial charge is 0.341 e. The van der Waals surface area contributed by atoms with Gasteiger partial charge in [-0.3, -0.25) is 4.79 Å². The molecule has 0 saturated heterocycles. The number of allylic oxidation sites excluding steroid dienone is 2. The van der Waals surface area contributed by atoms with Crippen molar-refractivity contribution in [1.82, 2.24) is 0 Å². The number of amides is 2. The summed E-state index contributed by atoms with van der Waals surface area (Å²) in [5, 5.41) is 14.5. The van der Waals surface area contributed by atoms with Crippen molar-refractivity contribution in [3.05, 3.63) is 58.2 Å². The number of urea groups is 1. The van der Waals surface area contributed by atoms with Crippen LogP contribution in [0.4, 0.5) is 16.2 Å². The Morgan fingerprint density at radius 2 is 1.82 bits per heavy atom. The molecule has 1 heterocycles. The molecule has 34 heavy (non-hydrogen) atoms. The van der Waals surface area contributed by atoms with Gasteiger partial charge in [0.2, 0.25) is 0 Å². The molecule has 180 valence electrons. The van der Waals surface area contributed by atoms with Gasteiger partial charge < -0.3 is 30.0 Å². The summed E-state index contributed by atoms with van der Waals surface area (Å²) in [6, 6.07) is 6.29. The molecule has 0 aromatic heterocycles. The number of methoxy groups -OCH3 is 2. The maximum Gasteiger partial charge on any atom is 0.341 e. The molecule has 0 bridgehead atoms. The minimum Gasteiger partial charge on any atom is -0.497 e. The normalized spacial score (nSPS) is 12.6. The van der Waals surface area contributed by atoms with Crippen LogP contribution in [-0.2, 0) is 22.6 Å². The molecule has 3 rings (SSSR count). The van der Waals surface area contributed by atoms with Gasteiger partial charge in [-0.05, 0) is 56.5 Å². The number of carboxylic acids is 1. The Labute approximate surface area is 197 Å². The fourth-order valence-corrected chi connectivity index (χ4v) is 3.82. The van der Waals surface area contributed by atoms with E-state index in [1.54, 1.807) is 31.4 Å². The Morgan fingerprint density at radius 1 is 1.12 bits per heavy atom. The van der Waals surface area contributed by atoms with E-state index < -0.39 is 18.0 Å². The highest BCUT2D eigenvalue weighted by atomic mass is 16.5. The molecule has 2 aromatic carbocycles. The van der Waals surface area contributed by atoms with Gasteiger partial charge in [-0.25, -0.2) is 9.59 Å². The second-order valence-corrected chi connectivity index (χ2v) is 7.90. The van der Waals surface area contributed by atoms with E-state index in [0.29, 0.717) is 52.4 Å². The number of carbonyl (C=O) groups is 3. The topological polar surface area (TPSA) is 123 Å². The predicted octanol–water partition coefficient (Wildman–Crippen LogP) is 4.68. The summed E-state index contributed by atoms with van der Waals surface area (Å²) in [7, 11) is 3.08. The van der Waals surface area contributed by atoms with E-state index in [9.17, 15) is 14.4 Å². The number of cyclic esters (lactones) is 1. The van der Waals surface area contributed by atoms with Crippen molar-refractivity contribution in [3.63, 3.8) is 0 Å². The lowest BCUT2D eigenvalue weighted by molar-refractivity contribution is -0.136. The van der Waals surface area contributed by atoms with Gasteiger partial charge >= 0.3 is 18.0 Å². The fourth-order valence-electron chi connectivity index (χ4n) is 3.82. The summed E-state index contributed by atoms with van der Waals surface area (Å²) in [4.78, 5) is 36.3. The highest BCUT2D eigenvalue weighted by molar-refractivity contribution is 6.08. The van der Waals surface area contributed by atoms with Crippen molar-refractivity contribution < 1.29 is 33.7 Å². The maximum absolute atomic E-state index is 12.9. The number of benzene rings is 2.